The lowest BCUT2D eigenvalue weighted by Crippen LogP contribution is -2.44. The van der Waals surface area contributed by atoms with Gasteiger partial charge in [0.1, 0.15) is 5.75 Å². The molecule has 0 amide bonds. The highest BCUT2D eigenvalue weighted by Gasteiger charge is 2.39. The summed E-state index contributed by atoms with van der Waals surface area (Å²) in [5.41, 5.74) is 2.68. The first-order chi connectivity index (χ1) is 13.5. The maximum Gasteiger partial charge on any atom is 0.192 e. The molecular formula is C24H36NO3Si. The van der Waals surface area contributed by atoms with Gasteiger partial charge in [-0.3, -0.25) is 0 Å². The normalized spacial score (nSPS) is 14.6. The Labute approximate surface area is 177 Å². The predicted molar refractivity (Wildman–Crippen MR) is 121 cm³/mol. The molecule has 4 nitrogen and oxygen atoms in total. The fraction of sp³-hybridized carbons (Fsp3) is 0.500. The molecule has 0 aliphatic carbocycles. The van der Waals surface area contributed by atoms with E-state index in [4.69, 9.17) is 4.43 Å². The van der Waals surface area contributed by atoms with Crippen molar-refractivity contribution in [1.82, 2.24) is 5.32 Å². The summed E-state index contributed by atoms with van der Waals surface area (Å²) < 4.78 is 6.73. The molecule has 0 aliphatic heterocycles. The third-order valence-corrected chi connectivity index (χ3v) is 10.3. The zero-order valence-electron chi connectivity index (χ0n) is 18.6. The van der Waals surface area contributed by atoms with Crippen molar-refractivity contribution >= 4 is 8.32 Å². The summed E-state index contributed by atoms with van der Waals surface area (Å²) in [5, 5.41) is 23.2. The zero-order chi connectivity index (χ0) is 21.7. The molecule has 0 heterocycles. The average molecular weight is 415 g/mol. The quantitative estimate of drug-likeness (QED) is 0.507. The molecule has 2 atom stereocenters. The van der Waals surface area contributed by atoms with E-state index in [0.717, 1.165) is 12.0 Å². The molecule has 2 aromatic rings. The minimum Gasteiger partial charge on any atom is -0.508 e. The minimum atomic E-state index is -2.01. The van der Waals surface area contributed by atoms with Crippen LogP contribution in [0.3, 0.4) is 0 Å². The van der Waals surface area contributed by atoms with Gasteiger partial charge < -0.3 is 20.0 Å². The number of aliphatic hydroxyl groups excluding tert-OH is 1. The second-order valence-electron chi connectivity index (χ2n) is 9.31. The van der Waals surface area contributed by atoms with Gasteiger partial charge in [-0.05, 0) is 60.8 Å². The number of benzene rings is 2. The fourth-order valence-electron chi connectivity index (χ4n) is 2.96. The van der Waals surface area contributed by atoms with Gasteiger partial charge in [0.25, 0.3) is 0 Å². The van der Waals surface area contributed by atoms with Crippen molar-refractivity contribution in [3.63, 3.8) is 0 Å². The Balaban J connectivity index is 2.18. The molecule has 5 heteroatoms. The van der Waals surface area contributed by atoms with E-state index in [0.29, 0.717) is 12.1 Å². The van der Waals surface area contributed by atoms with Crippen LogP contribution < -0.4 is 5.32 Å². The second-order valence-corrected chi connectivity index (χ2v) is 14.1. The maximum absolute atomic E-state index is 9.95. The van der Waals surface area contributed by atoms with Crippen LogP contribution in [0.1, 0.15) is 50.5 Å². The highest BCUT2D eigenvalue weighted by atomic mass is 28.4. The van der Waals surface area contributed by atoms with Gasteiger partial charge in [-0.2, -0.15) is 0 Å². The van der Waals surface area contributed by atoms with Gasteiger partial charge in [0.2, 0.25) is 0 Å². The van der Waals surface area contributed by atoms with Crippen LogP contribution in [0.15, 0.2) is 42.5 Å². The highest BCUT2D eigenvalue weighted by molar-refractivity contribution is 6.74. The number of phenols is 1. The lowest BCUT2D eigenvalue weighted by molar-refractivity contribution is 0.176. The third kappa shape index (κ3) is 6.68. The van der Waals surface area contributed by atoms with Gasteiger partial charge >= 0.3 is 0 Å². The molecule has 0 fully saturated rings. The topological polar surface area (TPSA) is 61.7 Å². The van der Waals surface area contributed by atoms with Crippen molar-refractivity contribution < 1.29 is 14.6 Å². The molecule has 29 heavy (non-hydrogen) atoms. The molecule has 0 aliphatic rings. The summed E-state index contributed by atoms with van der Waals surface area (Å²) >= 11 is 0. The van der Waals surface area contributed by atoms with Crippen LogP contribution in [-0.2, 0) is 17.5 Å². The van der Waals surface area contributed by atoms with Crippen LogP contribution in [-0.4, -0.2) is 31.1 Å². The Hall–Kier alpha value is -1.66. The first-order valence-corrected chi connectivity index (χ1v) is 13.2. The van der Waals surface area contributed by atoms with Crippen molar-refractivity contribution in [3.05, 3.63) is 65.2 Å². The number of rotatable bonds is 9. The minimum absolute atomic E-state index is 0.0899. The van der Waals surface area contributed by atoms with Crippen molar-refractivity contribution in [2.24, 2.45) is 0 Å². The monoisotopic (exact) mass is 414 g/mol. The molecule has 2 rings (SSSR count). The van der Waals surface area contributed by atoms with Crippen LogP contribution >= 0.6 is 0 Å². The molecule has 159 valence electrons. The van der Waals surface area contributed by atoms with E-state index < -0.39 is 8.32 Å². The molecule has 0 bridgehead atoms. The Bertz CT molecular complexity index is 771. The Morgan fingerprint density at radius 2 is 1.90 bits per heavy atom. The number of nitrogens with one attached hydrogen (secondary N) is 1. The lowest BCUT2D eigenvalue weighted by Gasteiger charge is -2.40. The first kappa shape index (κ1) is 23.6. The Morgan fingerprint density at radius 3 is 2.48 bits per heavy atom. The van der Waals surface area contributed by atoms with Crippen molar-refractivity contribution in [2.45, 2.75) is 71.0 Å². The molecule has 0 spiro atoms. The summed E-state index contributed by atoms with van der Waals surface area (Å²) in [5.74, 6) is 0.114. The molecule has 0 saturated heterocycles. The number of hydrogen-bond donors (Lipinski definition) is 3. The highest BCUT2D eigenvalue weighted by Crippen LogP contribution is 2.40. The van der Waals surface area contributed by atoms with E-state index in [1.54, 1.807) is 6.07 Å². The van der Waals surface area contributed by atoms with Crippen LogP contribution in [0.5, 0.6) is 5.75 Å². The Kier molecular flexibility index (Phi) is 8.06. The van der Waals surface area contributed by atoms with E-state index in [9.17, 15) is 10.2 Å². The summed E-state index contributed by atoms with van der Waals surface area (Å²) in [4.78, 5) is 0. The van der Waals surface area contributed by atoms with Gasteiger partial charge in [0, 0.05) is 18.2 Å². The van der Waals surface area contributed by atoms with E-state index in [2.05, 4.69) is 58.2 Å². The molecular weight excluding hydrogens is 378 g/mol. The maximum atomic E-state index is 9.95. The predicted octanol–water partition coefficient (Wildman–Crippen LogP) is 4.97. The van der Waals surface area contributed by atoms with Gasteiger partial charge in [-0.15, -0.1) is 0 Å². The van der Waals surface area contributed by atoms with Gasteiger partial charge in [-0.1, -0.05) is 51.1 Å². The molecule has 1 radical (unpaired) electrons. The van der Waals surface area contributed by atoms with Crippen molar-refractivity contribution in [3.8, 4) is 5.75 Å². The standard InChI is InChI=1S/C24H36NO3Si/c1-18(14-19-10-8-7-9-11-19)25-16-23(28-29(5,6)24(2,3)4)20-12-13-22(27)21(15-20)17-26/h7-10,12-13,15,18,23,25-27H,14,16-17H2,1-6H3/t18-,23-/m1/s1. The molecule has 0 saturated carbocycles. The van der Waals surface area contributed by atoms with Crippen LogP contribution in [0, 0.1) is 6.07 Å². The lowest BCUT2D eigenvalue weighted by atomic mass is 10.0. The summed E-state index contributed by atoms with van der Waals surface area (Å²) in [6.07, 6.45) is 0.745. The first-order valence-electron chi connectivity index (χ1n) is 10.3. The van der Waals surface area contributed by atoms with E-state index in [-0.39, 0.29) is 29.5 Å². The van der Waals surface area contributed by atoms with Crippen molar-refractivity contribution in [2.75, 3.05) is 6.54 Å². The second kappa shape index (κ2) is 9.89. The number of hydrogen-bond acceptors (Lipinski definition) is 4. The van der Waals surface area contributed by atoms with Gasteiger partial charge in [0.15, 0.2) is 8.32 Å². The molecule has 0 aromatic heterocycles. The third-order valence-electron chi connectivity index (χ3n) is 5.84. The van der Waals surface area contributed by atoms with Crippen LogP contribution in [0.25, 0.3) is 0 Å². The smallest absolute Gasteiger partial charge is 0.192 e. The van der Waals surface area contributed by atoms with E-state index in [1.165, 1.54) is 5.56 Å². The summed E-state index contributed by atoms with van der Waals surface area (Å²) in [6.45, 7) is 13.8. The molecule has 2 aromatic carbocycles. The van der Waals surface area contributed by atoms with E-state index in [1.807, 2.05) is 30.3 Å². The van der Waals surface area contributed by atoms with Gasteiger partial charge in [-0.25, -0.2) is 0 Å². The van der Waals surface area contributed by atoms with Crippen LogP contribution in [0.4, 0.5) is 0 Å². The van der Waals surface area contributed by atoms with Crippen LogP contribution in [0.2, 0.25) is 18.1 Å². The fourth-order valence-corrected chi connectivity index (χ4v) is 4.24. The van der Waals surface area contributed by atoms with Gasteiger partial charge in [0.05, 0.1) is 12.7 Å². The summed E-state index contributed by atoms with van der Waals surface area (Å²) in [6, 6.07) is 17.0. The molecule has 0 unspecified atom stereocenters. The average Bonchev–Trinajstić information content (AvgIpc) is 2.65. The summed E-state index contributed by atoms with van der Waals surface area (Å²) in [7, 11) is -2.01. The molecule has 3 N–H and O–H groups in total. The number of aliphatic hydroxyl groups is 1. The van der Waals surface area contributed by atoms with E-state index >= 15 is 0 Å². The SMILES string of the molecule is C[C@H](Cc1[c]cccc1)NC[C@@H](O[Si](C)(C)C(C)(C)C)c1ccc(O)c(CO)c1. The largest absolute Gasteiger partial charge is 0.508 e. The number of aromatic hydroxyl groups is 1. The Morgan fingerprint density at radius 1 is 1.17 bits per heavy atom. The zero-order valence-corrected chi connectivity index (χ0v) is 19.6. The van der Waals surface area contributed by atoms with Crippen molar-refractivity contribution in [1.29, 1.82) is 0 Å².